The number of nitrogens with one attached hydrogen (secondary N) is 1. The highest BCUT2D eigenvalue weighted by Crippen LogP contribution is 2.22. The smallest absolute Gasteiger partial charge is 0.336 e. The van der Waals surface area contributed by atoms with Gasteiger partial charge in [-0.25, -0.2) is 4.79 Å². The predicted octanol–water partition coefficient (Wildman–Crippen LogP) is 4.32. The fourth-order valence-electron chi connectivity index (χ4n) is 2.10. The van der Waals surface area contributed by atoms with Gasteiger partial charge in [-0.15, -0.1) is 0 Å². The summed E-state index contributed by atoms with van der Waals surface area (Å²) in [7, 11) is 0. The van der Waals surface area contributed by atoms with E-state index in [2.05, 4.69) is 34.2 Å². The minimum atomic E-state index is -0.895. The van der Waals surface area contributed by atoms with Crippen LogP contribution >= 0.6 is 15.9 Å². The lowest BCUT2D eigenvalue weighted by atomic mass is 10.1. The maximum atomic E-state index is 11.2. The Morgan fingerprint density at radius 3 is 2.65 bits per heavy atom. The van der Waals surface area contributed by atoms with Gasteiger partial charge in [-0.2, -0.15) is 0 Å². The van der Waals surface area contributed by atoms with Crippen molar-refractivity contribution in [3.05, 3.63) is 63.6 Å². The number of hydrogen-bond donors (Lipinski definition) is 2. The van der Waals surface area contributed by atoms with E-state index in [0.717, 1.165) is 22.1 Å². The van der Waals surface area contributed by atoms with E-state index < -0.39 is 5.97 Å². The predicted molar refractivity (Wildman–Crippen MR) is 84.2 cm³/mol. The number of halogens is 1. The topological polar surface area (TPSA) is 49.3 Å². The highest BCUT2D eigenvalue weighted by Gasteiger charge is 2.09. The molecule has 0 aliphatic heterocycles. The summed E-state index contributed by atoms with van der Waals surface area (Å²) in [5, 5.41) is 12.5. The average molecular weight is 334 g/mol. The first-order valence-corrected chi connectivity index (χ1v) is 7.24. The first kappa shape index (κ1) is 14.6. The van der Waals surface area contributed by atoms with Gasteiger partial charge in [-0.1, -0.05) is 41.1 Å². The molecule has 0 bridgehead atoms. The second-order valence-electron chi connectivity index (χ2n) is 4.47. The number of aromatic carboxylic acids is 1. The number of carboxylic acids is 1. The number of rotatable bonds is 5. The van der Waals surface area contributed by atoms with Gasteiger partial charge in [-0.05, 0) is 41.8 Å². The van der Waals surface area contributed by atoms with Crippen molar-refractivity contribution in [2.75, 3.05) is 5.32 Å². The lowest BCUT2D eigenvalue weighted by Gasteiger charge is -2.13. The Hall–Kier alpha value is -1.81. The number of hydrogen-bond acceptors (Lipinski definition) is 2. The molecule has 3 nitrogen and oxygen atoms in total. The van der Waals surface area contributed by atoms with Gasteiger partial charge in [-0.3, -0.25) is 0 Å². The highest BCUT2D eigenvalue weighted by molar-refractivity contribution is 9.10. The molecule has 0 amide bonds. The minimum absolute atomic E-state index is 0.343. The summed E-state index contributed by atoms with van der Waals surface area (Å²) in [5.74, 6) is -0.895. The monoisotopic (exact) mass is 333 g/mol. The van der Waals surface area contributed by atoms with Crippen LogP contribution in [0.4, 0.5) is 5.69 Å². The summed E-state index contributed by atoms with van der Waals surface area (Å²) < 4.78 is 1.05. The van der Waals surface area contributed by atoms with Crippen molar-refractivity contribution in [1.82, 2.24) is 0 Å². The molecule has 2 aromatic carbocycles. The number of aryl methyl sites for hydroxylation is 1. The van der Waals surface area contributed by atoms with Crippen LogP contribution in [0.5, 0.6) is 0 Å². The lowest BCUT2D eigenvalue weighted by Crippen LogP contribution is -2.08. The van der Waals surface area contributed by atoms with E-state index in [1.807, 2.05) is 24.3 Å². The van der Waals surface area contributed by atoms with Crippen LogP contribution in [0.2, 0.25) is 0 Å². The Labute approximate surface area is 126 Å². The van der Waals surface area contributed by atoms with Crippen molar-refractivity contribution in [2.45, 2.75) is 19.9 Å². The van der Waals surface area contributed by atoms with Gasteiger partial charge in [0.15, 0.2) is 0 Å². The molecule has 0 unspecified atom stereocenters. The fraction of sp³-hybridized carbons (Fsp3) is 0.188. The quantitative estimate of drug-likeness (QED) is 0.856. The van der Waals surface area contributed by atoms with Crippen LogP contribution in [0.1, 0.15) is 28.4 Å². The van der Waals surface area contributed by atoms with E-state index in [1.165, 1.54) is 5.56 Å². The fourth-order valence-corrected chi connectivity index (χ4v) is 2.51. The Balaban J connectivity index is 2.19. The zero-order valence-electron chi connectivity index (χ0n) is 11.2. The Kier molecular flexibility index (Phi) is 4.79. The zero-order valence-corrected chi connectivity index (χ0v) is 12.8. The molecule has 0 aliphatic carbocycles. The number of carboxylic acid groups (broad SMARTS) is 1. The SMILES string of the molecule is CCc1cc(Br)ccc1NCc1ccccc1C(=O)O. The summed E-state index contributed by atoms with van der Waals surface area (Å²) in [5.41, 5.74) is 3.36. The van der Waals surface area contributed by atoms with Crippen LogP contribution in [-0.4, -0.2) is 11.1 Å². The Morgan fingerprint density at radius 2 is 1.95 bits per heavy atom. The second kappa shape index (κ2) is 6.57. The third-order valence-corrected chi connectivity index (χ3v) is 3.66. The molecule has 0 saturated carbocycles. The Bertz CT molecular complexity index is 626. The third-order valence-electron chi connectivity index (χ3n) is 3.17. The molecular formula is C16H16BrNO2. The summed E-state index contributed by atoms with van der Waals surface area (Å²) >= 11 is 3.46. The van der Waals surface area contributed by atoms with Crippen LogP contribution in [0.25, 0.3) is 0 Å². The van der Waals surface area contributed by atoms with Gasteiger partial charge in [0.25, 0.3) is 0 Å². The molecule has 0 atom stereocenters. The molecule has 2 aromatic rings. The van der Waals surface area contributed by atoms with Gasteiger partial charge in [0.2, 0.25) is 0 Å². The molecule has 0 aliphatic rings. The molecule has 20 heavy (non-hydrogen) atoms. The highest BCUT2D eigenvalue weighted by atomic mass is 79.9. The molecule has 0 heterocycles. The van der Waals surface area contributed by atoms with Crippen molar-refractivity contribution in [2.24, 2.45) is 0 Å². The summed E-state index contributed by atoms with van der Waals surface area (Å²) in [6.45, 7) is 2.59. The third kappa shape index (κ3) is 3.39. The maximum absolute atomic E-state index is 11.2. The van der Waals surface area contributed by atoms with E-state index in [4.69, 9.17) is 5.11 Å². The van der Waals surface area contributed by atoms with E-state index in [1.54, 1.807) is 12.1 Å². The van der Waals surface area contributed by atoms with Crippen molar-refractivity contribution >= 4 is 27.6 Å². The van der Waals surface area contributed by atoms with Gasteiger partial charge < -0.3 is 10.4 Å². The van der Waals surface area contributed by atoms with Gasteiger partial charge >= 0.3 is 5.97 Å². The first-order chi connectivity index (χ1) is 9.61. The lowest BCUT2D eigenvalue weighted by molar-refractivity contribution is 0.0696. The van der Waals surface area contributed by atoms with Crippen molar-refractivity contribution < 1.29 is 9.90 Å². The van der Waals surface area contributed by atoms with Gasteiger partial charge in [0, 0.05) is 16.7 Å². The maximum Gasteiger partial charge on any atom is 0.336 e. The van der Waals surface area contributed by atoms with E-state index in [9.17, 15) is 4.79 Å². The normalized spacial score (nSPS) is 10.3. The molecular weight excluding hydrogens is 318 g/mol. The van der Waals surface area contributed by atoms with Crippen LogP contribution in [0, 0.1) is 0 Å². The standard InChI is InChI=1S/C16H16BrNO2/c1-2-11-9-13(17)7-8-15(11)18-10-12-5-3-4-6-14(12)16(19)20/h3-9,18H,2,10H2,1H3,(H,19,20). The van der Waals surface area contributed by atoms with Crippen molar-refractivity contribution in [3.63, 3.8) is 0 Å². The van der Waals surface area contributed by atoms with Crippen LogP contribution in [-0.2, 0) is 13.0 Å². The summed E-state index contributed by atoms with van der Waals surface area (Å²) in [4.78, 5) is 11.2. The molecule has 2 rings (SSSR count). The van der Waals surface area contributed by atoms with Crippen molar-refractivity contribution in [3.8, 4) is 0 Å². The van der Waals surface area contributed by atoms with Gasteiger partial charge in [0.1, 0.15) is 0 Å². The Morgan fingerprint density at radius 1 is 1.20 bits per heavy atom. The zero-order chi connectivity index (χ0) is 14.5. The number of benzene rings is 2. The van der Waals surface area contributed by atoms with Gasteiger partial charge in [0.05, 0.1) is 5.56 Å². The van der Waals surface area contributed by atoms with E-state index in [0.29, 0.717) is 12.1 Å². The van der Waals surface area contributed by atoms with Crippen LogP contribution in [0.15, 0.2) is 46.9 Å². The molecule has 4 heteroatoms. The van der Waals surface area contributed by atoms with E-state index in [-0.39, 0.29) is 0 Å². The summed E-state index contributed by atoms with van der Waals surface area (Å²) in [6.07, 6.45) is 0.919. The number of anilines is 1. The molecule has 0 saturated heterocycles. The summed E-state index contributed by atoms with van der Waals surface area (Å²) in [6, 6.07) is 13.1. The molecule has 0 radical (unpaired) electrons. The molecule has 2 N–H and O–H groups in total. The first-order valence-electron chi connectivity index (χ1n) is 6.45. The number of carbonyl (C=O) groups is 1. The largest absolute Gasteiger partial charge is 0.478 e. The molecule has 0 fully saturated rings. The van der Waals surface area contributed by atoms with E-state index >= 15 is 0 Å². The molecule has 104 valence electrons. The molecule has 0 spiro atoms. The van der Waals surface area contributed by atoms with Crippen LogP contribution < -0.4 is 5.32 Å². The minimum Gasteiger partial charge on any atom is -0.478 e. The average Bonchev–Trinajstić information content (AvgIpc) is 2.46. The van der Waals surface area contributed by atoms with Crippen molar-refractivity contribution in [1.29, 1.82) is 0 Å². The molecule has 0 aromatic heterocycles. The van der Waals surface area contributed by atoms with Crippen LogP contribution in [0.3, 0.4) is 0 Å². The second-order valence-corrected chi connectivity index (χ2v) is 5.39.